The molecule has 0 radical (unpaired) electrons. The van der Waals surface area contributed by atoms with Crippen LogP contribution in [0.1, 0.15) is 12.8 Å². The van der Waals surface area contributed by atoms with Crippen LogP contribution < -0.4 is 10.6 Å². The number of carbonyl (C=O) groups is 7. The molecule has 6 atom stereocenters. The van der Waals surface area contributed by atoms with Gasteiger partial charge in [-0.1, -0.05) is 10.3 Å². The molecular weight excluding hydrogens is 858 g/mol. The van der Waals surface area contributed by atoms with Gasteiger partial charge in [-0.05, 0) is 0 Å². The topological polar surface area (TPSA) is 437 Å². The predicted octanol–water partition coefficient (Wildman–Crippen LogP) is -8.60. The van der Waals surface area contributed by atoms with Crippen LogP contribution in [-0.4, -0.2) is 273 Å². The number of amides is 2. The molecule has 0 bridgehead atoms. The molecule has 0 spiro atoms. The van der Waals surface area contributed by atoms with Crippen molar-refractivity contribution >= 4 is 54.1 Å². The maximum atomic E-state index is 12.5. The Hall–Kier alpha value is -5.21. The van der Waals surface area contributed by atoms with E-state index in [1.807, 2.05) is 0 Å². The fourth-order valence-electron chi connectivity index (χ4n) is 4.74. The number of aliphatic carboxylic acids is 3. The van der Waals surface area contributed by atoms with Crippen LogP contribution in [0.2, 0.25) is 0 Å². The number of ether oxygens (including phenoxy) is 2. The minimum absolute atomic E-state index is 0.107. The van der Waals surface area contributed by atoms with Crippen LogP contribution in [-0.2, 0) is 52.7 Å². The van der Waals surface area contributed by atoms with Gasteiger partial charge in [0, 0.05) is 51.4 Å². The Balaban J connectivity index is 4.83. The molecule has 0 saturated heterocycles. The number of esters is 2. The number of aliphatic hydroxyl groups is 8. The Kier molecular flexibility index (Phi) is 31.5. The first kappa shape index (κ1) is 57.8. The van der Waals surface area contributed by atoms with Crippen LogP contribution >= 0.6 is 0 Å². The monoisotopic (exact) mass is 917 g/mol. The van der Waals surface area contributed by atoms with Crippen LogP contribution in [0, 0.1) is 0 Å². The summed E-state index contributed by atoms with van der Waals surface area (Å²) in [5.41, 5.74) is 0. The van der Waals surface area contributed by atoms with Gasteiger partial charge >= 0.3 is 29.8 Å². The first-order chi connectivity index (χ1) is 29.8. The molecule has 29 heteroatoms. The number of carboxylic acids is 3. The molecule has 0 rings (SSSR count). The first-order valence-corrected chi connectivity index (χ1v) is 19.0. The molecule has 0 unspecified atom stereocenters. The van der Waals surface area contributed by atoms with E-state index in [-0.39, 0.29) is 65.3 Å². The normalized spacial score (nSPS) is 14.5. The van der Waals surface area contributed by atoms with Crippen molar-refractivity contribution in [2.45, 2.75) is 49.5 Å². The average molecular weight is 918 g/mol. The molecule has 0 aliphatic heterocycles. The lowest BCUT2D eigenvalue weighted by Crippen LogP contribution is -2.47. The van der Waals surface area contributed by atoms with Crippen LogP contribution in [0.5, 0.6) is 0 Å². The summed E-state index contributed by atoms with van der Waals surface area (Å²) in [5, 5.41) is 114. The highest BCUT2D eigenvalue weighted by Crippen LogP contribution is 2.04. The van der Waals surface area contributed by atoms with Gasteiger partial charge in [0.2, 0.25) is 25.0 Å². The molecule has 0 fully saturated rings. The molecule has 29 nitrogen and oxygen atoms in total. The van der Waals surface area contributed by atoms with Gasteiger partial charge in [0.05, 0.1) is 71.2 Å². The van der Waals surface area contributed by atoms with Crippen LogP contribution in [0.25, 0.3) is 0 Å². The summed E-state index contributed by atoms with van der Waals surface area (Å²) in [6, 6.07) is 0. The lowest BCUT2D eigenvalue weighted by molar-refractivity contribution is -0.149. The molecule has 362 valence electrons. The molecule has 0 aromatic rings. The molecule has 0 heterocycles. The zero-order valence-corrected chi connectivity index (χ0v) is 34.2. The van der Waals surface area contributed by atoms with Crippen LogP contribution in [0.3, 0.4) is 0 Å². The van der Waals surface area contributed by atoms with E-state index in [2.05, 4.69) is 30.6 Å². The van der Waals surface area contributed by atoms with Crippen molar-refractivity contribution in [2.75, 3.05) is 112 Å². The van der Waals surface area contributed by atoms with E-state index < -0.39 is 137 Å². The van der Waals surface area contributed by atoms with Crippen molar-refractivity contribution in [3.05, 3.63) is 0 Å². The van der Waals surface area contributed by atoms with Crippen molar-refractivity contribution < 1.29 is 109 Å². The quantitative estimate of drug-likeness (QED) is 0.0118. The summed E-state index contributed by atoms with van der Waals surface area (Å²) in [5.74, 6) is -7.03. The second-order valence-electron chi connectivity index (χ2n) is 13.2. The third kappa shape index (κ3) is 30.5. The number of hydrogen-bond donors (Lipinski definition) is 13. The second-order valence-corrected chi connectivity index (χ2v) is 13.2. The van der Waals surface area contributed by atoms with Crippen molar-refractivity contribution in [3.8, 4) is 0 Å². The zero-order valence-electron chi connectivity index (χ0n) is 34.2. The van der Waals surface area contributed by atoms with Gasteiger partial charge in [0.1, 0.15) is 37.6 Å². The van der Waals surface area contributed by atoms with Gasteiger partial charge in [-0.15, -0.1) is 0 Å². The van der Waals surface area contributed by atoms with Crippen molar-refractivity contribution in [3.63, 3.8) is 0 Å². The fourth-order valence-corrected chi connectivity index (χ4v) is 4.74. The number of nitrogens with zero attached hydrogens (tertiary/aromatic N) is 5. The van der Waals surface area contributed by atoms with E-state index in [1.54, 1.807) is 0 Å². The summed E-state index contributed by atoms with van der Waals surface area (Å²) < 4.78 is 9.73. The number of oxime groups is 2. The van der Waals surface area contributed by atoms with Crippen molar-refractivity contribution in [2.24, 2.45) is 10.3 Å². The molecule has 0 aliphatic carbocycles. The Morgan fingerprint density at radius 3 is 1.17 bits per heavy atom. The largest absolute Gasteiger partial charge is 0.480 e. The molecule has 0 saturated carbocycles. The molecule has 0 aromatic carbocycles. The van der Waals surface area contributed by atoms with E-state index in [4.69, 9.17) is 19.7 Å². The number of hydrogen-bond acceptors (Lipinski definition) is 24. The third-order valence-electron chi connectivity index (χ3n) is 7.96. The average Bonchev–Trinajstić information content (AvgIpc) is 3.22. The van der Waals surface area contributed by atoms with E-state index in [0.29, 0.717) is 0 Å². The number of carboxylic acid groups (broad SMARTS) is 3. The number of carbonyl (C=O) groups excluding carboxylic acids is 4. The van der Waals surface area contributed by atoms with E-state index in [9.17, 15) is 79.5 Å². The molecule has 63 heavy (non-hydrogen) atoms. The zero-order chi connectivity index (χ0) is 47.7. The van der Waals surface area contributed by atoms with Gasteiger partial charge in [-0.3, -0.25) is 38.7 Å². The van der Waals surface area contributed by atoms with Gasteiger partial charge in [-0.25, -0.2) is 9.59 Å². The van der Waals surface area contributed by atoms with Gasteiger partial charge < -0.3 is 86.0 Å². The maximum absolute atomic E-state index is 12.5. The Labute approximate surface area is 359 Å². The summed E-state index contributed by atoms with van der Waals surface area (Å²) in [7, 11) is 0. The highest BCUT2D eigenvalue weighted by atomic mass is 16.7. The van der Waals surface area contributed by atoms with Crippen molar-refractivity contribution in [1.82, 2.24) is 25.3 Å². The van der Waals surface area contributed by atoms with Gasteiger partial charge in [-0.2, -0.15) is 0 Å². The predicted molar refractivity (Wildman–Crippen MR) is 208 cm³/mol. The highest BCUT2D eigenvalue weighted by molar-refractivity contribution is 5.79. The minimum Gasteiger partial charge on any atom is -0.480 e. The number of nitrogens with one attached hydrogen (secondary N) is 2. The number of aliphatic hydroxyl groups excluding tert-OH is 8. The second kappa shape index (κ2) is 34.3. The summed E-state index contributed by atoms with van der Waals surface area (Å²) in [4.78, 5) is 96.3. The first-order valence-electron chi connectivity index (χ1n) is 19.0. The van der Waals surface area contributed by atoms with Crippen LogP contribution in [0.4, 0.5) is 0 Å². The van der Waals surface area contributed by atoms with Crippen molar-refractivity contribution in [1.29, 1.82) is 0 Å². The van der Waals surface area contributed by atoms with E-state index in [1.165, 1.54) is 14.7 Å². The lowest BCUT2D eigenvalue weighted by atomic mass is 10.1. The molecule has 0 aliphatic rings. The van der Waals surface area contributed by atoms with Crippen LogP contribution in [0.15, 0.2) is 10.3 Å². The third-order valence-corrected chi connectivity index (χ3v) is 7.96. The SMILES string of the molecule is O=C(O)CN(CCN(CC(=O)O)CC(=O)NCCOC(=O)CO/N=C\C[C@H](O)[C@H](O)[C@H](O)CO)CCN(CC(=O)O)CC(=O)NCCOC(=O)CO/N=C/C[C@H](O)[C@H](O)[C@H](O)CO. The Morgan fingerprint density at radius 2 is 0.841 bits per heavy atom. The molecule has 0 aromatic heterocycles. The smallest absolute Gasteiger partial charge is 0.347 e. The summed E-state index contributed by atoms with van der Waals surface area (Å²) in [6.07, 6.45) is -7.93. The van der Waals surface area contributed by atoms with Gasteiger partial charge in [0.25, 0.3) is 0 Å². The Morgan fingerprint density at radius 1 is 0.508 bits per heavy atom. The molecular formula is C34H59N7O22. The van der Waals surface area contributed by atoms with E-state index in [0.717, 1.165) is 12.4 Å². The maximum Gasteiger partial charge on any atom is 0.347 e. The van der Waals surface area contributed by atoms with Gasteiger partial charge in [0.15, 0.2) is 0 Å². The molecule has 2 amide bonds. The number of rotatable bonds is 38. The minimum atomic E-state index is -1.64. The van der Waals surface area contributed by atoms with E-state index >= 15 is 0 Å². The molecule has 13 N–H and O–H groups in total. The lowest BCUT2D eigenvalue weighted by Gasteiger charge is -2.28. The Bertz CT molecular complexity index is 1350. The summed E-state index contributed by atoms with van der Waals surface area (Å²) in [6.45, 7) is -7.16. The fraction of sp³-hybridized carbons (Fsp3) is 0.735. The highest BCUT2D eigenvalue weighted by Gasteiger charge is 2.25. The summed E-state index contributed by atoms with van der Waals surface area (Å²) >= 11 is 0. The standard InChI is InChI=1S/C34H59N7O22/c42-18-24(46)33(58)22(44)1-3-37-62-20-31(56)60-11-5-35-26(48)13-40(16-29(52)53)9-7-39(15-28(50)51)8-10-41(17-30(54)55)14-27(49)36-6-12-61-32(57)21-63-38-4-2-23(45)34(59)25(47)19-43/h3-4,22-25,33-34,42-47,58-59H,1-2,5-21H2,(H,35,48)(H,36,49)(H,50,51)(H,52,53)(H,54,55)/b37-3-,38-4+/t22-,23-,24+,25+,33-,34-/m0/s1.